The van der Waals surface area contributed by atoms with E-state index in [-0.39, 0.29) is 0 Å². The summed E-state index contributed by atoms with van der Waals surface area (Å²) in [6, 6.07) is 28.3. The Morgan fingerprint density at radius 3 is 2.26 bits per heavy atom. The Balaban J connectivity index is 1.37. The summed E-state index contributed by atoms with van der Waals surface area (Å²) in [7, 11) is 0. The molecule has 4 aromatic carbocycles. The number of para-hydroxylation sites is 1. The first-order valence-electron chi connectivity index (χ1n) is 13.7. The fourth-order valence-corrected chi connectivity index (χ4v) is 7.15. The molecule has 0 saturated carbocycles. The van der Waals surface area contributed by atoms with Crippen LogP contribution in [0.5, 0.6) is 0 Å². The van der Waals surface area contributed by atoms with Crippen molar-refractivity contribution in [2.75, 3.05) is 0 Å². The van der Waals surface area contributed by atoms with Gasteiger partial charge in [-0.05, 0) is 73.5 Å². The highest BCUT2D eigenvalue weighted by Crippen LogP contribution is 2.52. The zero-order chi connectivity index (χ0) is 25.5. The third-order valence-corrected chi connectivity index (χ3v) is 8.87. The summed E-state index contributed by atoms with van der Waals surface area (Å²) in [4.78, 5) is 0. The van der Waals surface area contributed by atoms with Crippen LogP contribution in [0, 0.1) is 11.8 Å². The average Bonchev–Trinajstić information content (AvgIpc) is 3.38. The number of benzene rings is 4. The quantitative estimate of drug-likeness (QED) is 0.237. The molecule has 1 nitrogen and oxygen atoms in total. The summed E-state index contributed by atoms with van der Waals surface area (Å²) in [5, 5.41) is 4.86. The third kappa shape index (κ3) is 2.96. The second kappa shape index (κ2) is 7.82. The van der Waals surface area contributed by atoms with Crippen molar-refractivity contribution in [1.82, 2.24) is 0 Å². The Bertz CT molecular complexity index is 2110. The van der Waals surface area contributed by atoms with Crippen molar-refractivity contribution in [1.29, 1.82) is 0 Å². The Morgan fingerprint density at radius 2 is 1.31 bits per heavy atom. The van der Waals surface area contributed by atoms with E-state index in [0.29, 0.717) is 11.8 Å². The minimum atomic E-state index is 0.334. The van der Waals surface area contributed by atoms with Crippen molar-refractivity contribution in [2.24, 2.45) is 11.8 Å². The maximum Gasteiger partial charge on any atom is 0.136 e. The monoisotopic (exact) mass is 496 g/mol. The molecule has 4 aliphatic carbocycles. The Kier molecular flexibility index (Phi) is 4.23. The molecule has 0 bridgehead atoms. The van der Waals surface area contributed by atoms with Crippen LogP contribution in [0.15, 0.2) is 160 Å². The van der Waals surface area contributed by atoms with Gasteiger partial charge in [-0.15, -0.1) is 0 Å². The summed E-state index contributed by atoms with van der Waals surface area (Å²) >= 11 is 0. The summed E-state index contributed by atoms with van der Waals surface area (Å²) in [5.74, 6) is 0.716. The molecular weight excluding hydrogens is 472 g/mol. The zero-order valence-corrected chi connectivity index (χ0v) is 21.3. The highest BCUT2D eigenvalue weighted by atomic mass is 16.3. The van der Waals surface area contributed by atoms with Crippen LogP contribution in [0.4, 0.5) is 0 Å². The minimum absolute atomic E-state index is 0.334. The van der Waals surface area contributed by atoms with Crippen LogP contribution in [0.1, 0.15) is 5.56 Å². The number of furan rings is 1. The number of rotatable bonds is 2. The van der Waals surface area contributed by atoms with E-state index in [1.165, 1.54) is 66.1 Å². The first kappa shape index (κ1) is 21.1. The van der Waals surface area contributed by atoms with Crippen molar-refractivity contribution < 1.29 is 4.42 Å². The predicted octanol–water partition coefficient (Wildman–Crippen LogP) is 9.89. The molecule has 1 heterocycles. The van der Waals surface area contributed by atoms with E-state index >= 15 is 0 Å². The van der Waals surface area contributed by atoms with E-state index in [1.54, 1.807) is 0 Å². The molecule has 1 aromatic heterocycles. The molecule has 1 heteroatoms. The standard InChI is InChI=1S/C38H24O/c1-2-11-28-23(7-1)8-6-13-29(28)27-21-33(38-32-12-3-4-14-34(32)39-35(38)22-27)30-19-17-26-16-15-24-9-5-10-25-18-20-31(30)37(26)36(24)25/h1-22,36-37H. The molecule has 0 N–H and O–H groups in total. The summed E-state index contributed by atoms with van der Waals surface area (Å²) < 4.78 is 6.53. The lowest BCUT2D eigenvalue weighted by atomic mass is 9.63. The van der Waals surface area contributed by atoms with Gasteiger partial charge in [0.1, 0.15) is 11.2 Å². The molecule has 2 unspecified atom stereocenters. The summed E-state index contributed by atoms with van der Waals surface area (Å²) in [6.07, 6.45) is 20.7. The molecule has 9 rings (SSSR count). The number of hydrogen-bond acceptors (Lipinski definition) is 1. The van der Waals surface area contributed by atoms with Crippen molar-refractivity contribution >= 4 is 38.3 Å². The molecule has 4 aliphatic rings. The van der Waals surface area contributed by atoms with Gasteiger partial charge >= 0.3 is 0 Å². The minimum Gasteiger partial charge on any atom is -0.456 e. The second-order valence-electron chi connectivity index (χ2n) is 10.9. The van der Waals surface area contributed by atoms with Crippen LogP contribution in [0.3, 0.4) is 0 Å². The van der Waals surface area contributed by atoms with Crippen LogP contribution in [0.25, 0.3) is 49.4 Å². The molecule has 39 heavy (non-hydrogen) atoms. The van der Waals surface area contributed by atoms with Crippen molar-refractivity contribution in [3.8, 4) is 11.1 Å². The van der Waals surface area contributed by atoms with Crippen molar-refractivity contribution in [3.05, 3.63) is 161 Å². The van der Waals surface area contributed by atoms with Gasteiger partial charge in [0.15, 0.2) is 0 Å². The molecule has 5 aromatic rings. The van der Waals surface area contributed by atoms with Gasteiger partial charge in [-0.3, -0.25) is 0 Å². The normalized spacial score (nSPS) is 20.9. The number of allylic oxidation sites excluding steroid dienone is 14. The average molecular weight is 497 g/mol. The van der Waals surface area contributed by atoms with Crippen LogP contribution in [-0.4, -0.2) is 0 Å². The number of fused-ring (bicyclic) bond motifs is 4. The van der Waals surface area contributed by atoms with E-state index in [4.69, 9.17) is 4.42 Å². The lowest BCUT2D eigenvalue weighted by molar-refractivity contribution is 0.566. The topological polar surface area (TPSA) is 13.1 Å². The molecule has 0 aliphatic heterocycles. The van der Waals surface area contributed by atoms with Crippen molar-refractivity contribution in [3.63, 3.8) is 0 Å². The van der Waals surface area contributed by atoms with Gasteiger partial charge in [0, 0.05) is 22.6 Å². The van der Waals surface area contributed by atoms with Gasteiger partial charge in [-0.25, -0.2) is 0 Å². The van der Waals surface area contributed by atoms with Gasteiger partial charge in [0.25, 0.3) is 0 Å². The van der Waals surface area contributed by atoms with Gasteiger partial charge in [0.05, 0.1) is 0 Å². The first-order chi connectivity index (χ1) is 19.3. The molecule has 0 saturated heterocycles. The van der Waals surface area contributed by atoms with Crippen LogP contribution in [-0.2, 0) is 0 Å². The van der Waals surface area contributed by atoms with Gasteiger partial charge < -0.3 is 4.42 Å². The predicted molar refractivity (Wildman–Crippen MR) is 162 cm³/mol. The smallest absolute Gasteiger partial charge is 0.136 e. The molecule has 0 radical (unpaired) electrons. The fraction of sp³-hybridized carbons (Fsp3) is 0.0526. The lowest BCUT2D eigenvalue weighted by Crippen LogP contribution is -2.29. The summed E-state index contributed by atoms with van der Waals surface area (Å²) in [6.45, 7) is 0. The highest BCUT2D eigenvalue weighted by molar-refractivity contribution is 6.13. The van der Waals surface area contributed by atoms with E-state index < -0.39 is 0 Å². The van der Waals surface area contributed by atoms with Crippen LogP contribution >= 0.6 is 0 Å². The molecule has 2 atom stereocenters. The summed E-state index contributed by atoms with van der Waals surface area (Å²) in [5.41, 5.74) is 12.4. The van der Waals surface area contributed by atoms with E-state index in [2.05, 4.69) is 134 Å². The SMILES string of the molecule is C1=CC2=CC=C3C=CC(c4cc(-c5cccc6ccccc56)cc5oc6ccccc6c45)=C4C=CC(=C1)C2C34. The van der Waals surface area contributed by atoms with Gasteiger partial charge in [-0.2, -0.15) is 0 Å². The molecular formula is C38H24O. The van der Waals surface area contributed by atoms with Gasteiger partial charge in [-0.1, -0.05) is 115 Å². The Hall–Kier alpha value is -4.88. The van der Waals surface area contributed by atoms with E-state index in [9.17, 15) is 0 Å². The lowest BCUT2D eigenvalue weighted by Gasteiger charge is -2.40. The third-order valence-electron chi connectivity index (χ3n) is 8.87. The van der Waals surface area contributed by atoms with E-state index in [1.807, 2.05) is 0 Å². The zero-order valence-electron chi connectivity index (χ0n) is 21.3. The molecule has 182 valence electrons. The van der Waals surface area contributed by atoms with Crippen LogP contribution in [0.2, 0.25) is 0 Å². The fourth-order valence-electron chi connectivity index (χ4n) is 7.15. The second-order valence-corrected chi connectivity index (χ2v) is 10.9. The maximum absolute atomic E-state index is 6.53. The largest absolute Gasteiger partial charge is 0.456 e. The molecule has 0 amide bonds. The number of hydrogen-bond donors (Lipinski definition) is 0. The molecule has 0 spiro atoms. The van der Waals surface area contributed by atoms with Crippen molar-refractivity contribution in [2.45, 2.75) is 0 Å². The van der Waals surface area contributed by atoms with Crippen LogP contribution < -0.4 is 0 Å². The van der Waals surface area contributed by atoms with E-state index in [0.717, 1.165) is 11.2 Å². The first-order valence-corrected chi connectivity index (χ1v) is 13.7. The van der Waals surface area contributed by atoms with Gasteiger partial charge in [0.2, 0.25) is 0 Å². The maximum atomic E-state index is 6.53. The Morgan fingerprint density at radius 1 is 0.538 bits per heavy atom. The molecule has 0 fully saturated rings. The highest BCUT2D eigenvalue weighted by Gasteiger charge is 2.38. The Labute approximate surface area is 226 Å².